The third-order valence-electron chi connectivity index (χ3n) is 2.56. The molecule has 0 bridgehead atoms. The number of rotatable bonds is 2. The standard InChI is InChI=1S/C11H13ClN2O2/c1-14-7-8(2-4-12)16-10-6-13-5-3-9(10)11(14)15/h3,5-6,8H,2,4,7H2,1H3. The number of halogens is 1. The number of hydrogen-bond donors (Lipinski definition) is 0. The van der Waals surface area contributed by atoms with Crippen LogP contribution in [0.1, 0.15) is 16.8 Å². The van der Waals surface area contributed by atoms with Crippen molar-refractivity contribution in [3.05, 3.63) is 24.0 Å². The van der Waals surface area contributed by atoms with Gasteiger partial charge in [-0.25, -0.2) is 0 Å². The minimum absolute atomic E-state index is 0.0329. The quantitative estimate of drug-likeness (QED) is 0.737. The Balaban J connectivity index is 2.32. The smallest absolute Gasteiger partial charge is 0.257 e. The molecule has 1 aliphatic heterocycles. The molecule has 1 amide bonds. The van der Waals surface area contributed by atoms with E-state index in [1.54, 1.807) is 30.4 Å². The van der Waals surface area contributed by atoms with Crippen LogP contribution < -0.4 is 4.74 Å². The number of aromatic nitrogens is 1. The Hall–Kier alpha value is -1.29. The van der Waals surface area contributed by atoms with Crippen molar-refractivity contribution in [3.8, 4) is 5.75 Å². The van der Waals surface area contributed by atoms with Crippen LogP contribution in [-0.2, 0) is 0 Å². The van der Waals surface area contributed by atoms with Crippen LogP contribution in [0.25, 0.3) is 0 Å². The van der Waals surface area contributed by atoms with Gasteiger partial charge in [0.25, 0.3) is 5.91 Å². The molecule has 1 aromatic heterocycles. The molecular weight excluding hydrogens is 228 g/mol. The maximum absolute atomic E-state index is 12.0. The fourth-order valence-electron chi connectivity index (χ4n) is 1.73. The maximum atomic E-state index is 12.0. The molecule has 0 spiro atoms. The first-order valence-electron chi connectivity index (χ1n) is 5.14. The topological polar surface area (TPSA) is 42.4 Å². The average molecular weight is 241 g/mol. The zero-order valence-electron chi connectivity index (χ0n) is 9.02. The highest BCUT2D eigenvalue weighted by molar-refractivity contribution is 6.17. The van der Waals surface area contributed by atoms with Crippen LogP contribution in [0.3, 0.4) is 0 Å². The first kappa shape index (κ1) is 11.2. The molecule has 0 saturated heterocycles. The Morgan fingerprint density at radius 1 is 1.69 bits per heavy atom. The fourth-order valence-corrected chi connectivity index (χ4v) is 1.98. The molecule has 0 fully saturated rings. The lowest BCUT2D eigenvalue weighted by atomic mass is 10.2. The number of hydrogen-bond acceptors (Lipinski definition) is 3. The van der Waals surface area contributed by atoms with Crippen LogP contribution in [0.5, 0.6) is 5.75 Å². The van der Waals surface area contributed by atoms with Crippen molar-refractivity contribution in [1.29, 1.82) is 0 Å². The summed E-state index contributed by atoms with van der Waals surface area (Å²) in [7, 11) is 1.77. The largest absolute Gasteiger partial charge is 0.486 e. The summed E-state index contributed by atoms with van der Waals surface area (Å²) in [4.78, 5) is 17.6. The zero-order valence-corrected chi connectivity index (χ0v) is 9.78. The monoisotopic (exact) mass is 240 g/mol. The molecule has 1 atom stereocenters. The first-order chi connectivity index (χ1) is 7.72. The molecule has 1 aliphatic rings. The molecule has 0 radical (unpaired) electrons. The minimum atomic E-state index is -0.0584. The molecular formula is C11H13ClN2O2. The SMILES string of the molecule is CN1CC(CCCl)Oc2cnccc2C1=O. The first-order valence-corrected chi connectivity index (χ1v) is 5.68. The van der Waals surface area contributed by atoms with E-state index in [-0.39, 0.29) is 12.0 Å². The third-order valence-corrected chi connectivity index (χ3v) is 2.78. The van der Waals surface area contributed by atoms with Crippen molar-refractivity contribution in [2.24, 2.45) is 0 Å². The Kier molecular flexibility index (Phi) is 3.29. The van der Waals surface area contributed by atoms with Gasteiger partial charge in [-0.2, -0.15) is 0 Å². The van der Waals surface area contributed by atoms with E-state index in [9.17, 15) is 4.79 Å². The van der Waals surface area contributed by atoms with E-state index in [0.29, 0.717) is 30.2 Å². The Labute approximate surface area is 99.2 Å². The van der Waals surface area contributed by atoms with Gasteiger partial charge in [-0.15, -0.1) is 11.6 Å². The predicted octanol–water partition coefficient (Wildman–Crippen LogP) is 1.54. The number of ether oxygens (including phenoxy) is 1. The van der Waals surface area contributed by atoms with Gasteiger partial charge in [-0.1, -0.05) is 0 Å². The van der Waals surface area contributed by atoms with Gasteiger partial charge >= 0.3 is 0 Å². The summed E-state index contributed by atoms with van der Waals surface area (Å²) in [5.41, 5.74) is 0.564. The van der Waals surface area contributed by atoms with Gasteiger partial charge in [0, 0.05) is 19.1 Å². The summed E-state index contributed by atoms with van der Waals surface area (Å²) >= 11 is 5.70. The number of fused-ring (bicyclic) bond motifs is 1. The van der Waals surface area contributed by atoms with E-state index in [0.717, 1.165) is 0 Å². The van der Waals surface area contributed by atoms with Gasteiger partial charge in [-0.3, -0.25) is 9.78 Å². The van der Waals surface area contributed by atoms with Crippen molar-refractivity contribution < 1.29 is 9.53 Å². The van der Waals surface area contributed by atoms with E-state index < -0.39 is 0 Å². The van der Waals surface area contributed by atoms with Crippen LogP contribution in [-0.4, -0.2) is 41.4 Å². The summed E-state index contributed by atoms with van der Waals surface area (Å²) < 4.78 is 5.73. The van der Waals surface area contributed by atoms with Gasteiger partial charge in [0.2, 0.25) is 0 Å². The molecule has 86 valence electrons. The zero-order chi connectivity index (χ0) is 11.5. The van der Waals surface area contributed by atoms with Crippen molar-refractivity contribution in [3.63, 3.8) is 0 Å². The molecule has 0 saturated carbocycles. The molecule has 0 aromatic carbocycles. The summed E-state index contributed by atoms with van der Waals surface area (Å²) in [5.74, 6) is 1.03. The van der Waals surface area contributed by atoms with Gasteiger partial charge in [0.15, 0.2) is 5.75 Å². The maximum Gasteiger partial charge on any atom is 0.257 e. The van der Waals surface area contributed by atoms with Crippen molar-refractivity contribution in [2.45, 2.75) is 12.5 Å². The summed E-state index contributed by atoms with van der Waals surface area (Å²) in [6.07, 6.45) is 3.83. The average Bonchev–Trinajstić information content (AvgIpc) is 2.39. The lowest BCUT2D eigenvalue weighted by Gasteiger charge is -2.19. The Morgan fingerprint density at radius 3 is 3.25 bits per heavy atom. The number of amides is 1. The fraction of sp³-hybridized carbons (Fsp3) is 0.455. The van der Waals surface area contributed by atoms with Crippen LogP contribution in [0.4, 0.5) is 0 Å². The molecule has 0 aliphatic carbocycles. The molecule has 0 N–H and O–H groups in total. The van der Waals surface area contributed by atoms with E-state index in [4.69, 9.17) is 16.3 Å². The highest BCUT2D eigenvalue weighted by atomic mass is 35.5. The van der Waals surface area contributed by atoms with Crippen molar-refractivity contribution >= 4 is 17.5 Å². The van der Waals surface area contributed by atoms with E-state index in [1.165, 1.54) is 0 Å². The number of nitrogens with zero attached hydrogens (tertiary/aromatic N) is 2. The summed E-state index contributed by atoms with van der Waals surface area (Å²) in [6.45, 7) is 0.556. The molecule has 2 rings (SSSR count). The van der Waals surface area contributed by atoms with Crippen LogP contribution in [0.2, 0.25) is 0 Å². The van der Waals surface area contributed by atoms with Gasteiger partial charge in [-0.05, 0) is 12.5 Å². The van der Waals surface area contributed by atoms with E-state index >= 15 is 0 Å². The lowest BCUT2D eigenvalue weighted by molar-refractivity contribution is 0.0759. The van der Waals surface area contributed by atoms with E-state index in [2.05, 4.69) is 4.98 Å². The van der Waals surface area contributed by atoms with Gasteiger partial charge in [0.05, 0.1) is 18.3 Å². The number of likely N-dealkylation sites (N-methyl/N-ethyl adjacent to an activating group) is 1. The number of carbonyl (C=O) groups is 1. The van der Waals surface area contributed by atoms with Gasteiger partial charge in [0.1, 0.15) is 6.10 Å². The predicted molar refractivity (Wildman–Crippen MR) is 61.0 cm³/mol. The number of alkyl halides is 1. The summed E-state index contributed by atoms with van der Waals surface area (Å²) in [5, 5.41) is 0. The second kappa shape index (κ2) is 4.70. The Bertz CT molecular complexity index is 397. The molecule has 2 heterocycles. The molecule has 16 heavy (non-hydrogen) atoms. The highest BCUT2D eigenvalue weighted by Gasteiger charge is 2.26. The third kappa shape index (κ3) is 2.11. The van der Waals surface area contributed by atoms with Crippen LogP contribution in [0, 0.1) is 0 Å². The second-order valence-corrected chi connectivity index (χ2v) is 4.15. The summed E-state index contributed by atoms with van der Waals surface area (Å²) in [6, 6.07) is 1.68. The molecule has 1 unspecified atom stereocenters. The van der Waals surface area contributed by atoms with E-state index in [1.807, 2.05) is 0 Å². The normalized spacial score (nSPS) is 20.0. The van der Waals surface area contributed by atoms with Crippen molar-refractivity contribution in [1.82, 2.24) is 9.88 Å². The molecule has 4 nitrogen and oxygen atoms in total. The van der Waals surface area contributed by atoms with Crippen LogP contribution >= 0.6 is 11.6 Å². The van der Waals surface area contributed by atoms with Crippen LogP contribution in [0.15, 0.2) is 18.5 Å². The molecule has 1 aromatic rings. The lowest BCUT2D eigenvalue weighted by Crippen LogP contribution is -2.34. The number of pyridine rings is 1. The molecule has 5 heteroatoms. The van der Waals surface area contributed by atoms with Gasteiger partial charge < -0.3 is 9.64 Å². The Morgan fingerprint density at radius 2 is 2.50 bits per heavy atom. The number of carbonyl (C=O) groups excluding carboxylic acids is 1. The second-order valence-electron chi connectivity index (χ2n) is 3.78. The van der Waals surface area contributed by atoms with Crippen molar-refractivity contribution in [2.75, 3.05) is 19.5 Å². The highest BCUT2D eigenvalue weighted by Crippen LogP contribution is 2.24. The minimum Gasteiger partial charge on any atom is -0.486 e.